The van der Waals surface area contributed by atoms with E-state index in [4.69, 9.17) is 0 Å². The van der Waals surface area contributed by atoms with Crippen LogP contribution in [-0.4, -0.2) is 9.97 Å². The molecule has 0 fully saturated rings. The summed E-state index contributed by atoms with van der Waals surface area (Å²) in [6.45, 7) is 0. The normalized spacial score (nSPS) is 18.6. The lowest BCUT2D eigenvalue weighted by Crippen LogP contribution is -2.11. The van der Waals surface area contributed by atoms with Crippen LogP contribution in [0.15, 0.2) is 47.3 Å². The van der Waals surface area contributed by atoms with E-state index < -0.39 is 0 Å². The number of para-hydroxylation sites is 1. The summed E-state index contributed by atoms with van der Waals surface area (Å²) in [6, 6.07) is 9.31. The van der Waals surface area contributed by atoms with Gasteiger partial charge < -0.3 is 4.98 Å². The number of nitrogens with zero attached hydrogens (tertiary/aromatic N) is 2. The Morgan fingerprint density at radius 1 is 1.38 bits per heavy atom. The van der Waals surface area contributed by atoms with Gasteiger partial charge in [-0.25, -0.2) is 4.98 Å². The van der Waals surface area contributed by atoms with Gasteiger partial charge in [0.05, 0.1) is 16.5 Å². The van der Waals surface area contributed by atoms with Crippen LogP contribution in [0.1, 0.15) is 25.1 Å². The molecule has 0 saturated heterocycles. The number of hydrogen-bond acceptors (Lipinski definition) is 3. The molecule has 0 saturated carbocycles. The molecule has 21 heavy (non-hydrogen) atoms. The van der Waals surface area contributed by atoms with Crippen molar-refractivity contribution in [3.05, 3.63) is 58.7 Å². The number of H-pyrrole nitrogens is 1. The van der Waals surface area contributed by atoms with Crippen molar-refractivity contribution in [1.29, 1.82) is 5.26 Å². The van der Waals surface area contributed by atoms with Crippen molar-refractivity contribution in [3.8, 4) is 6.07 Å². The van der Waals surface area contributed by atoms with Gasteiger partial charge in [-0.15, -0.1) is 0 Å². The molecule has 1 aliphatic rings. The van der Waals surface area contributed by atoms with E-state index in [0.717, 1.165) is 19.3 Å². The first-order valence-corrected chi connectivity index (χ1v) is 7.04. The van der Waals surface area contributed by atoms with E-state index in [1.165, 1.54) is 0 Å². The van der Waals surface area contributed by atoms with Crippen LogP contribution in [0.2, 0.25) is 0 Å². The molecule has 0 radical (unpaired) electrons. The third-order valence-corrected chi connectivity index (χ3v) is 3.70. The first-order chi connectivity index (χ1) is 10.3. The third kappa shape index (κ3) is 2.77. The molecule has 1 heterocycles. The van der Waals surface area contributed by atoms with Crippen molar-refractivity contribution in [2.75, 3.05) is 0 Å². The summed E-state index contributed by atoms with van der Waals surface area (Å²) in [5.41, 5.74) is 0.847. The van der Waals surface area contributed by atoms with Crippen LogP contribution in [0.4, 0.5) is 0 Å². The highest BCUT2D eigenvalue weighted by molar-refractivity contribution is 5.81. The Labute approximate surface area is 122 Å². The summed E-state index contributed by atoms with van der Waals surface area (Å²) in [7, 11) is 0. The van der Waals surface area contributed by atoms with Gasteiger partial charge in [0.2, 0.25) is 0 Å². The molecule has 0 aliphatic heterocycles. The maximum absolute atomic E-state index is 12.1. The summed E-state index contributed by atoms with van der Waals surface area (Å²) >= 11 is 0. The molecule has 1 N–H and O–H groups in total. The number of aromatic nitrogens is 2. The van der Waals surface area contributed by atoms with Crippen molar-refractivity contribution in [1.82, 2.24) is 9.97 Å². The molecule has 4 nitrogen and oxygen atoms in total. The number of benzene rings is 1. The van der Waals surface area contributed by atoms with Crippen LogP contribution in [0.5, 0.6) is 0 Å². The van der Waals surface area contributed by atoms with Gasteiger partial charge in [-0.05, 0) is 37.3 Å². The van der Waals surface area contributed by atoms with Gasteiger partial charge >= 0.3 is 0 Å². The number of rotatable bonds is 2. The fraction of sp³-hybridized carbons (Fsp3) is 0.235. The molecule has 0 unspecified atom stereocenters. The monoisotopic (exact) mass is 277 g/mol. The molecule has 104 valence electrons. The van der Waals surface area contributed by atoms with Crippen molar-refractivity contribution >= 4 is 16.5 Å². The van der Waals surface area contributed by atoms with Crippen LogP contribution in [0.3, 0.4) is 0 Å². The van der Waals surface area contributed by atoms with E-state index in [-0.39, 0.29) is 5.56 Å². The van der Waals surface area contributed by atoms with Crippen LogP contribution < -0.4 is 5.56 Å². The summed E-state index contributed by atoms with van der Waals surface area (Å²) in [5.74, 6) is 0.692. The average molecular weight is 277 g/mol. The second-order valence-electron chi connectivity index (χ2n) is 5.17. The van der Waals surface area contributed by atoms with Crippen LogP contribution in [0.25, 0.3) is 16.5 Å². The molecular weight excluding hydrogens is 262 g/mol. The van der Waals surface area contributed by atoms with E-state index in [0.29, 0.717) is 28.2 Å². The highest BCUT2D eigenvalue weighted by atomic mass is 16.1. The number of nitriles is 1. The summed E-state index contributed by atoms with van der Waals surface area (Å²) < 4.78 is 0. The minimum Gasteiger partial charge on any atom is -0.305 e. The largest absolute Gasteiger partial charge is 0.305 e. The van der Waals surface area contributed by atoms with Gasteiger partial charge in [-0.3, -0.25) is 4.79 Å². The number of allylic oxidation sites excluding steroid dienone is 4. The number of aromatic amines is 1. The molecule has 1 aromatic carbocycles. The summed E-state index contributed by atoms with van der Waals surface area (Å²) in [5, 5.41) is 9.92. The topological polar surface area (TPSA) is 69.5 Å². The predicted molar refractivity (Wildman–Crippen MR) is 82.4 cm³/mol. The fourth-order valence-corrected chi connectivity index (χ4v) is 2.59. The van der Waals surface area contributed by atoms with Gasteiger partial charge in [-0.1, -0.05) is 30.4 Å². The van der Waals surface area contributed by atoms with Crippen LogP contribution in [-0.2, 0) is 0 Å². The lowest BCUT2D eigenvalue weighted by atomic mass is 9.92. The average Bonchev–Trinajstić information content (AvgIpc) is 2.53. The second kappa shape index (κ2) is 5.76. The zero-order valence-electron chi connectivity index (χ0n) is 11.5. The smallest absolute Gasteiger partial charge is 0.259 e. The van der Waals surface area contributed by atoms with E-state index in [1.807, 2.05) is 12.1 Å². The molecule has 0 bridgehead atoms. The fourth-order valence-electron chi connectivity index (χ4n) is 2.59. The van der Waals surface area contributed by atoms with E-state index in [1.54, 1.807) is 18.2 Å². The Balaban J connectivity index is 2.05. The Bertz CT molecular complexity index is 824. The lowest BCUT2D eigenvalue weighted by molar-refractivity contribution is 0.585. The van der Waals surface area contributed by atoms with Gasteiger partial charge in [0.1, 0.15) is 6.07 Å². The molecule has 0 amide bonds. The van der Waals surface area contributed by atoms with E-state index in [2.05, 4.69) is 28.2 Å². The minimum absolute atomic E-state index is 0.208. The maximum atomic E-state index is 12.1. The van der Waals surface area contributed by atoms with Crippen molar-refractivity contribution in [2.45, 2.75) is 19.3 Å². The van der Waals surface area contributed by atoms with E-state index >= 15 is 0 Å². The minimum atomic E-state index is -0.208. The Hall–Kier alpha value is -2.67. The molecule has 0 spiro atoms. The van der Waals surface area contributed by atoms with Crippen LogP contribution >= 0.6 is 0 Å². The SMILES string of the molecule is N#C/C(=C\[C@@H]1CC=CCC1)c1nc2ccccc2c(=O)[nH]1. The molecule has 2 aromatic rings. The molecule has 1 aromatic heterocycles. The Morgan fingerprint density at radius 3 is 3.00 bits per heavy atom. The van der Waals surface area contributed by atoms with Gasteiger partial charge in [0, 0.05) is 0 Å². The lowest BCUT2D eigenvalue weighted by Gasteiger charge is -2.13. The molecular formula is C17H15N3O. The zero-order valence-corrected chi connectivity index (χ0v) is 11.5. The van der Waals surface area contributed by atoms with E-state index in [9.17, 15) is 10.1 Å². The Morgan fingerprint density at radius 2 is 2.24 bits per heavy atom. The standard InChI is InChI=1S/C17H15N3O/c18-11-13(10-12-6-2-1-3-7-12)16-19-15-9-5-4-8-14(15)17(21)20-16/h1-2,4-5,8-10,12H,3,6-7H2,(H,19,20,21)/b13-10+/t12-/m1/s1. The summed E-state index contributed by atoms with van der Waals surface area (Å²) in [6.07, 6.45) is 9.21. The molecule has 4 heteroatoms. The second-order valence-corrected chi connectivity index (χ2v) is 5.17. The number of hydrogen-bond donors (Lipinski definition) is 1. The highest BCUT2D eigenvalue weighted by Crippen LogP contribution is 2.23. The van der Waals surface area contributed by atoms with Gasteiger partial charge in [-0.2, -0.15) is 5.26 Å². The highest BCUT2D eigenvalue weighted by Gasteiger charge is 2.12. The summed E-state index contributed by atoms with van der Waals surface area (Å²) in [4.78, 5) is 19.2. The number of fused-ring (bicyclic) bond motifs is 1. The van der Waals surface area contributed by atoms with Gasteiger partial charge in [0.25, 0.3) is 5.56 Å². The number of nitrogens with one attached hydrogen (secondary N) is 1. The van der Waals surface area contributed by atoms with Crippen molar-refractivity contribution in [3.63, 3.8) is 0 Å². The zero-order chi connectivity index (χ0) is 14.7. The quantitative estimate of drug-likeness (QED) is 0.677. The van der Waals surface area contributed by atoms with Crippen molar-refractivity contribution < 1.29 is 0 Å². The Kier molecular flexibility index (Phi) is 3.65. The predicted octanol–water partition coefficient (Wildman–Crippen LogP) is 3.19. The maximum Gasteiger partial charge on any atom is 0.259 e. The van der Waals surface area contributed by atoms with Crippen LogP contribution in [0, 0.1) is 17.2 Å². The first-order valence-electron chi connectivity index (χ1n) is 7.04. The molecule has 3 rings (SSSR count). The van der Waals surface area contributed by atoms with Crippen molar-refractivity contribution in [2.24, 2.45) is 5.92 Å². The molecule has 1 aliphatic carbocycles. The van der Waals surface area contributed by atoms with Gasteiger partial charge in [0.15, 0.2) is 5.82 Å². The third-order valence-electron chi connectivity index (χ3n) is 3.70. The first kappa shape index (κ1) is 13.3. The molecule has 1 atom stereocenters.